The Bertz CT molecular complexity index is 503. The van der Waals surface area contributed by atoms with Crippen LogP contribution < -0.4 is 10.5 Å². The van der Waals surface area contributed by atoms with Gasteiger partial charge in [0.15, 0.2) is 0 Å². The molecule has 0 saturated carbocycles. The summed E-state index contributed by atoms with van der Waals surface area (Å²) in [5, 5.41) is 0. The second kappa shape index (κ2) is 10.7. The molecule has 1 aromatic rings. The van der Waals surface area contributed by atoms with Crippen molar-refractivity contribution >= 4 is 11.9 Å². The van der Waals surface area contributed by atoms with E-state index in [1.807, 2.05) is 6.07 Å². The maximum Gasteiger partial charge on any atom is 0.313 e. The Labute approximate surface area is 142 Å². The number of hydrogen-bond acceptors (Lipinski definition) is 7. The van der Waals surface area contributed by atoms with Gasteiger partial charge in [-0.25, -0.2) is 0 Å². The molecule has 0 aromatic heterocycles. The van der Waals surface area contributed by atoms with Gasteiger partial charge < -0.3 is 24.7 Å². The van der Waals surface area contributed by atoms with E-state index in [1.54, 1.807) is 31.2 Å². The van der Waals surface area contributed by atoms with E-state index in [9.17, 15) is 9.59 Å². The van der Waals surface area contributed by atoms with E-state index in [1.165, 1.54) is 7.11 Å². The van der Waals surface area contributed by atoms with Crippen LogP contribution in [-0.4, -0.2) is 44.6 Å². The molecule has 24 heavy (non-hydrogen) atoms. The molecule has 0 radical (unpaired) electrons. The first-order valence-electron chi connectivity index (χ1n) is 7.76. The zero-order valence-electron chi connectivity index (χ0n) is 14.2. The lowest BCUT2D eigenvalue weighted by Gasteiger charge is -2.24. The van der Waals surface area contributed by atoms with E-state index >= 15 is 0 Å². The van der Waals surface area contributed by atoms with Crippen molar-refractivity contribution in [3.05, 3.63) is 30.3 Å². The molecule has 0 fully saturated rings. The van der Waals surface area contributed by atoms with Gasteiger partial charge in [-0.05, 0) is 19.1 Å². The molecule has 0 aliphatic carbocycles. The zero-order valence-corrected chi connectivity index (χ0v) is 14.2. The maximum absolute atomic E-state index is 11.6. The van der Waals surface area contributed by atoms with E-state index in [-0.39, 0.29) is 38.0 Å². The van der Waals surface area contributed by atoms with E-state index in [0.717, 1.165) is 0 Å². The van der Waals surface area contributed by atoms with Crippen molar-refractivity contribution in [3.63, 3.8) is 0 Å². The second-order valence-electron chi connectivity index (χ2n) is 5.39. The van der Waals surface area contributed by atoms with Crippen LogP contribution in [0.5, 0.6) is 5.75 Å². The van der Waals surface area contributed by atoms with Crippen LogP contribution in [0.25, 0.3) is 0 Å². The van der Waals surface area contributed by atoms with Crippen LogP contribution in [0.2, 0.25) is 0 Å². The van der Waals surface area contributed by atoms with E-state index in [4.69, 9.17) is 19.9 Å². The molecular formula is C17H25NO6. The quantitative estimate of drug-likeness (QED) is 0.283. The third kappa shape index (κ3) is 9.24. The maximum atomic E-state index is 11.6. The first-order chi connectivity index (χ1) is 11.4. The van der Waals surface area contributed by atoms with Crippen LogP contribution in [0, 0.1) is 0 Å². The Balaban J connectivity index is 2.09. The Kier molecular flexibility index (Phi) is 8.99. The molecule has 0 aliphatic rings. The number of benzene rings is 1. The molecule has 0 saturated heterocycles. The summed E-state index contributed by atoms with van der Waals surface area (Å²) in [4.78, 5) is 22.6. The van der Waals surface area contributed by atoms with Crippen molar-refractivity contribution in [1.29, 1.82) is 0 Å². The fourth-order valence-corrected chi connectivity index (χ4v) is 1.75. The smallest absolute Gasteiger partial charge is 0.313 e. The highest BCUT2D eigenvalue weighted by Crippen LogP contribution is 2.10. The molecule has 0 aliphatic heterocycles. The van der Waals surface area contributed by atoms with Gasteiger partial charge in [-0.15, -0.1) is 0 Å². The molecule has 1 rings (SSSR count). The first-order valence-corrected chi connectivity index (χ1v) is 7.76. The van der Waals surface area contributed by atoms with Crippen molar-refractivity contribution < 1.29 is 28.5 Å². The van der Waals surface area contributed by atoms with Gasteiger partial charge in [0.2, 0.25) is 0 Å². The molecule has 0 bridgehead atoms. The molecule has 1 atom stereocenters. The van der Waals surface area contributed by atoms with E-state index in [2.05, 4.69) is 4.74 Å². The molecule has 0 heterocycles. The standard InChI is InChI=1S/C17H25NO6/c1-17(18,23-12-9-15(19)21-2)10-13-22-11-8-16(20)24-14-6-4-3-5-7-14/h3-7H,8-13,18H2,1-2H3. The average Bonchev–Trinajstić information content (AvgIpc) is 2.55. The Hall–Kier alpha value is -1.96. The number of methoxy groups -OCH3 is 1. The summed E-state index contributed by atoms with van der Waals surface area (Å²) in [5.74, 6) is -0.193. The van der Waals surface area contributed by atoms with Crippen molar-refractivity contribution in [2.45, 2.75) is 31.9 Å². The fourth-order valence-electron chi connectivity index (χ4n) is 1.75. The Morgan fingerprint density at radius 1 is 1.04 bits per heavy atom. The topological polar surface area (TPSA) is 97.1 Å². The Morgan fingerprint density at radius 3 is 2.38 bits per heavy atom. The van der Waals surface area contributed by atoms with Gasteiger partial charge in [-0.3, -0.25) is 9.59 Å². The second-order valence-corrected chi connectivity index (χ2v) is 5.39. The van der Waals surface area contributed by atoms with Crippen LogP contribution in [0.3, 0.4) is 0 Å². The number of rotatable bonds is 11. The predicted octanol–water partition coefficient (Wildman–Crippen LogP) is 1.64. The lowest BCUT2D eigenvalue weighted by Crippen LogP contribution is -2.41. The number of carbonyl (C=O) groups is 2. The summed E-state index contributed by atoms with van der Waals surface area (Å²) in [6, 6.07) is 8.86. The van der Waals surface area contributed by atoms with Gasteiger partial charge in [0, 0.05) is 6.42 Å². The lowest BCUT2D eigenvalue weighted by molar-refractivity contribution is -0.143. The minimum atomic E-state index is -0.904. The molecule has 2 N–H and O–H groups in total. The predicted molar refractivity (Wildman–Crippen MR) is 87.3 cm³/mol. The van der Waals surface area contributed by atoms with Crippen LogP contribution >= 0.6 is 0 Å². The number of nitrogens with two attached hydrogens (primary N) is 1. The number of esters is 2. The number of carbonyl (C=O) groups excluding carboxylic acids is 2. The zero-order chi connectivity index (χ0) is 17.8. The van der Waals surface area contributed by atoms with Crippen molar-refractivity contribution in [2.75, 3.05) is 26.9 Å². The third-order valence-corrected chi connectivity index (χ3v) is 3.13. The average molecular weight is 339 g/mol. The highest BCUT2D eigenvalue weighted by Gasteiger charge is 2.19. The van der Waals surface area contributed by atoms with Crippen molar-refractivity contribution in [3.8, 4) is 5.75 Å². The normalized spacial score (nSPS) is 13.1. The molecule has 0 amide bonds. The molecule has 7 heteroatoms. The van der Waals surface area contributed by atoms with Crippen LogP contribution in [0.4, 0.5) is 0 Å². The number of para-hydroxylation sites is 1. The third-order valence-electron chi connectivity index (χ3n) is 3.13. The molecule has 1 unspecified atom stereocenters. The van der Waals surface area contributed by atoms with Gasteiger partial charge in [0.25, 0.3) is 0 Å². The van der Waals surface area contributed by atoms with E-state index in [0.29, 0.717) is 18.8 Å². The van der Waals surface area contributed by atoms with Gasteiger partial charge >= 0.3 is 11.9 Å². The van der Waals surface area contributed by atoms with Crippen molar-refractivity contribution in [2.24, 2.45) is 5.73 Å². The first kappa shape index (κ1) is 20.1. The largest absolute Gasteiger partial charge is 0.469 e. The fraction of sp³-hybridized carbons (Fsp3) is 0.529. The van der Waals surface area contributed by atoms with Crippen molar-refractivity contribution in [1.82, 2.24) is 0 Å². The summed E-state index contributed by atoms with van der Waals surface area (Å²) >= 11 is 0. The highest BCUT2D eigenvalue weighted by atomic mass is 16.5. The monoisotopic (exact) mass is 339 g/mol. The summed E-state index contributed by atoms with van der Waals surface area (Å²) < 4.78 is 20.4. The number of hydrogen-bond donors (Lipinski definition) is 1. The van der Waals surface area contributed by atoms with Crippen LogP contribution in [0.1, 0.15) is 26.2 Å². The van der Waals surface area contributed by atoms with Crippen LogP contribution in [0.15, 0.2) is 30.3 Å². The summed E-state index contributed by atoms with van der Waals surface area (Å²) in [7, 11) is 1.32. The van der Waals surface area contributed by atoms with E-state index < -0.39 is 5.72 Å². The van der Waals surface area contributed by atoms with Crippen LogP contribution in [-0.2, 0) is 23.8 Å². The SMILES string of the molecule is COC(=O)CCOC(C)(N)CCOCCC(=O)Oc1ccccc1. The molecule has 0 spiro atoms. The molecule has 1 aromatic carbocycles. The van der Waals surface area contributed by atoms with Gasteiger partial charge in [-0.1, -0.05) is 18.2 Å². The highest BCUT2D eigenvalue weighted by molar-refractivity contribution is 5.72. The number of ether oxygens (including phenoxy) is 4. The Morgan fingerprint density at radius 2 is 1.71 bits per heavy atom. The summed E-state index contributed by atoms with van der Waals surface area (Å²) in [6.07, 6.45) is 0.733. The molecule has 7 nitrogen and oxygen atoms in total. The lowest BCUT2D eigenvalue weighted by atomic mass is 10.2. The summed E-state index contributed by atoms with van der Waals surface area (Å²) in [5.41, 5.74) is 5.04. The minimum absolute atomic E-state index is 0.148. The molecule has 134 valence electrons. The van der Waals surface area contributed by atoms with Gasteiger partial charge in [0.1, 0.15) is 11.5 Å². The summed E-state index contributed by atoms with van der Waals surface area (Å²) in [6.45, 7) is 2.47. The molecular weight excluding hydrogens is 314 g/mol. The van der Waals surface area contributed by atoms with Gasteiger partial charge in [0.05, 0.1) is 39.8 Å². The minimum Gasteiger partial charge on any atom is -0.469 e. The van der Waals surface area contributed by atoms with Gasteiger partial charge in [-0.2, -0.15) is 0 Å².